The van der Waals surface area contributed by atoms with Crippen molar-refractivity contribution in [1.29, 1.82) is 0 Å². The fourth-order valence-corrected chi connectivity index (χ4v) is 4.30. The third-order valence-electron chi connectivity index (χ3n) is 4.77. The first kappa shape index (κ1) is 22.9. The van der Waals surface area contributed by atoms with E-state index < -0.39 is 23.7 Å². The highest BCUT2D eigenvalue weighted by Crippen LogP contribution is 2.25. The van der Waals surface area contributed by atoms with Gasteiger partial charge in [-0.3, -0.25) is 14.9 Å². The fraction of sp³-hybridized carbons (Fsp3) is 0.0417. The largest absolute Gasteiger partial charge is 0.489 e. The van der Waals surface area contributed by atoms with E-state index in [0.29, 0.717) is 17.9 Å². The Morgan fingerprint density at radius 1 is 0.970 bits per heavy atom. The molecule has 0 unspecified atom stereocenters. The molecule has 0 radical (unpaired) electrons. The third-order valence-corrected chi connectivity index (χ3v) is 6.00. The third kappa shape index (κ3) is 5.20. The zero-order chi connectivity index (χ0) is 23.5. The van der Waals surface area contributed by atoms with Gasteiger partial charge in [0.15, 0.2) is 0 Å². The number of benzene rings is 3. The summed E-state index contributed by atoms with van der Waals surface area (Å²) in [6, 6.07) is 16.6. The van der Waals surface area contributed by atoms with E-state index in [1.54, 1.807) is 24.3 Å². The summed E-state index contributed by atoms with van der Waals surface area (Å²) in [6.07, 6.45) is 1.37. The van der Waals surface area contributed by atoms with Crippen molar-refractivity contribution in [3.8, 4) is 5.75 Å². The number of halogens is 3. The average Bonchev–Trinajstić information content (AvgIpc) is 2.77. The molecule has 6 nitrogen and oxygen atoms in total. The first-order valence-electron chi connectivity index (χ1n) is 9.65. The minimum absolute atomic E-state index is 0.0266. The van der Waals surface area contributed by atoms with Crippen LogP contribution in [0.4, 0.5) is 14.9 Å². The number of carbonyl (C=O) groups excluding carboxylic acids is 3. The van der Waals surface area contributed by atoms with Gasteiger partial charge in [-0.15, -0.1) is 0 Å². The Hall–Kier alpha value is -3.30. The van der Waals surface area contributed by atoms with Crippen molar-refractivity contribution >= 4 is 61.5 Å². The predicted octanol–water partition coefficient (Wildman–Crippen LogP) is 5.60. The topological polar surface area (TPSA) is 75.7 Å². The Morgan fingerprint density at radius 2 is 1.73 bits per heavy atom. The molecule has 1 aliphatic heterocycles. The fourth-order valence-electron chi connectivity index (χ4n) is 3.13. The lowest BCUT2D eigenvalue weighted by molar-refractivity contribution is -0.122. The molecule has 0 bridgehead atoms. The van der Waals surface area contributed by atoms with Crippen LogP contribution in [0, 0.1) is 5.82 Å². The number of rotatable bonds is 5. The molecule has 0 spiro atoms. The molecule has 33 heavy (non-hydrogen) atoms. The van der Waals surface area contributed by atoms with Gasteiger partial charge in [0.25, 0.3) is 11.8 Å². The molecule has 1 heterocycles. The molecular formula is C24H15Br2FN2O4. The highest BCUT2D eigenvalue weighted by molar-refractivity contribution is 9.11. The van der Waals surface area contributed by atoms with Crippen LogP contribution in [0.5, 0.6) is 5.75 Å². The molecule has 166 valence electrons. The maximum absolute atomic E-state index is 13.6. The van der Waals surface area contributed by atoms with Crippen LogP contribution in [0.25, 0.3) is 6.08 Å². The van der Waals surface area contributed by atoms with Crippen molar-refractivity contribution in [2.24, 2.45) is 0 Å². The van der Waals surface area contributed by atoms with E-state index in [-0.39, 0.29) is 11.3 Å². The molecule has 4 rings (SSSR count). The Labute approximate surface area is 205 Å². The van der Waals surface area contributed by atoms with Crippen molar-refractivity contribution in [3.63, 3.8) is 0 Å². The minimum Gasteiger partial charge on any atom is -0.489 e. The van der Waals surface area contributed by atoms with Gasteiger partial charge in [-0.05, 0) is 54.1 Å². The van der Waals surface area contributed by atoms with Crippen molar-refractivity contribution < 1.29 is 23.5 Å². The minimum atomic E-state index is -0.935. The van der Waals surface area contributed by atoms with Crippen molar-refractivity contribution in [2.45, 2.75) is 6.61 Å². The second kappa shape index (κ2) is 9.68. The summed E-state index contributed by atoms with van der Waals surface area (Å²) >= 11 is 6.90. The first-order chi connectivity index (χ1) is 15.8. The van der Waals surface area contributed by atoms with Crippen LogP contribution >= 0.6 is 31.9 Å². The van der Waals surface area contributed by atoms with E-state index in [1.807, 2.05) is 18.2 Å². The van der Waals surface area contributed by atoms with Crippen LogP contribution in [0.3, 0.4) is 0 Å². The first-order valence-corrected chi connectivity index (χ1v) is 11.2. The Morgan fingerprint density at radius 3 is 2.42 bits per heavy atom. The number of carbonyl (C=O) groups is 3. The molecule has 1 fully saturated rings. The van der Waals surface area contributed by atoms with Gasteiger partial charge in [0, 0.05) is 14.5 Å². The van der Waals surface area contributed by atoms with Gasteiger partial charge < -0.3 is 4.74 Å². The summed E-state index contributed by atoms with van der Waals surface area (Å²) in [6.45, 7) is 0.347. The van der Waals surface area contributed by atoms with Gasteiger partial charge in [-0.25, -0.2) is 14.1 Å². The number of nitrogens with one attached hydrogen (secondary N) is 1. The number of hydrogen-bond acceptors (Lipinski definition) is 4. The maximum atomic E-state index is 13.6. The van der Waals surface area contributed by atoms with Crippen LogP contribution in [0.1, 0.15) is 11.1 Å². The van der Waals surface area contributed by atoms with Crippen LogP contribution in [0.15, 0.2) is 81.2 Å². The standard InChI is InChI=1S/C24H15Br2FN2O4/c25-16-7-6-15(21(26)11-16)13-33-19-8-4-14(5-9-19)10-20-22(30)28-24(32)29(23(20)31)18-3-1-2-17(27)12-18/h1-12H,13H2,(H,28,30,32)/b20-10+. The van der Waals surface area contributed by atoms with Crippen LogP contribution in [0.2, 0.25) is 0 Å². The molecule has 9 heteroatoms. The molecule has 3 aromatic rings. The van der Waals surface area contributed by atoms with Gasteiger partial charge in [0.1, 0.15) is 23.7 Å². The number of imide groups is 2. The number of nitrogens with zero attached hydrogens (tertiary/aromatic N) is 1. The van der Waals surface area contributed by atoms with Crippen LogP contribution < -0.4 is 15.0 Å². The summed E-state index contributed by atoms with van der Waals surface area (Å²) in [4.78, 5) is 38.1. The lowest BCUT2D eigenvalue weighted by atomic mass is 10.1. The summed E-state index contributed by atoms with van der Waals surface area (Å²) in [5.41, 5.74) is 1.31. The molecule has 1 saturated heterocycles. The number of amides is 4. The lowest BCUT2D eigenvalue weighted by Gasteiger charge is -2.26. The summed E-state index contributed by atoms with van der Waals surface area (Å²) in [5, 5.41) is 2.11. The average molecular weight is 574 g/mol. The highest BCUT2D eigenvalue weighted by atomic mass is 79.9. The van der Waals surface area contributed by atoms with Gasteiger partial charge in [-0.1, -0.05) is 56.1 Å². The molecule has 1 aliphatic rings. The Balaban J connectivity index is 1.52. The number of hydrogen-bond donors (Lipinski definition) is 1. The molecule has 0 atom stereocenters. The number of ether oxygens (including phenoxy) is 1. The van der Waals surface area contributed by atoms with Crippen molar-refractivity contribution in [3.05, 3.63) is 98.2 Å². The second-order valence-electron chi connectivity index (χ2n) is 7.03. The van der Waals surface area contributed by atoms with E-state index in [2.05, 4.69) is 37.2 Å². The predicted molar refractivity (Wildman–Crippen MR) is 128 cm³/mol. The highest BCUT2D eigenvalue weighted by Gasteiger charge is 2.36. The SMILES string of the molecule is O=C1NC(=O)N(c2cccc(F)c2)C(=O)/C1=C/c1ccc(OCc2ccc(Br)cc2Br)cc1. The van der Waals surface area contributed by atoms with Gasteiger partial charge in [0.05, 0.1) is 5.69 Å². The van der Waals surface area contributed by atoms with Gasteiger partial charge in [-0.2, -0.15) is 0 Å². The van der Waals surface area contributed by atoms with E-state index in [9.17, 15) is 18.8 Å². The van der Waals surface area contributed by atoms with Gasteiger partial charge in [0.2, 0.25) is 0 Å². The van der Waals surface area contributed by atoms with E-state index in [1.165, 1.54) is 24.3 Å². The number of anilines is 1. The summed E-state index contributed by atoms with van der Waals surface area (Å²) < 4.78 is 21.2. The molecule has 3 aromatic carbocycles. The van der Waals surface area contributed by atoms with E-state index >= 15 is 0 Å². The summed E-state index contributed by atoms with van der Waals surface area (Å²) in [5.74, 6) is -1.67. The van der Waals surface area contributed by atoms with E-state index in [4.69, 9.17) is 4.74 Å². The van der Waals surface area contributed by atoms with E-state index in [0.717, 1.165) is 25.5 Å². The van der Waals surface area contributed by atoms with Crippen LogP contribution in [-0.2, 0) is 16.2 Å². The molecular weight excluding hydrogens is 559 g/mol. The number of urea groups is 1. The zero-order valence-electron chi connectivity index (χ0n) is 16.8. The van der Waals surface area contributed by atoms with Crippen molar-refractivity contribution in [1.82, 2.24) is 5.32 Å². The Kier molecular flexibility index (Phi) is 6.71. The smallest absolute Gasteiger partial charge is 0.335 e. The normalized spacial score (nSPS) is 15.1. The quantitative estimate of drug-likeness (QED) is 0.319. The molecule has 0 saturated carbocycles. The van der Waals surface area contributed by atoms with Crippen molar-refractivity contribution in [2.75, 3.05) is 4.90 Å². The number of barbiturate groups is 1. The molecule has 0 aliphatic carbocycles. The van der Waals surface area contributed by atoms with Gasteiger partial charge >= 0.3 is 6.03 Å². The zero-order valence-corrected chi connectivity index (χ0v) is 20.0. The molecule has 1 N–H and O–H groups in total. The lowest BCUT2D eigenvalue weighted by Crippen LogP contribution is -2.54. The Bertz CT molecular complexity index is 1290. The molecule has 4 amide bonds. The second-order valence-corrected chi connectivity index (χ2v) is 8.80. The van der Waals surface area contributed by atoms with Crippen LogP contribution in [-0.4, -0.2) is 17.8 Å². The monoisotopic (exact) mass is 572 g/mol. The molecule has 0 aromatic heterocycles. The maximum Gasteiger partial charge on any atom is 0.335 e. The summed E-state index contributed by atoms with van der Waals surface area (Å²) in [7, 11) is 0.